The van der Waals surface area contributed by atoms with Crippen LogP contribution in [0, 0.1) is 0 Å². The molecule has 3 amide bonds. The van der Waals surface area contributed by atoms with Crippen molar-refractivity contribution >= 4 is 30.0 Å². The zero-order valence-electron chi connectivity index (χ0n) is 25.9. The van der Waals surface area contributed by atoms with Crippen LogP contribution in [0.5, 0.6) is 0 Å². The van der Waals surface area contributed by atoms with Crippen molar-refractivity contribution in [2.45, 2.75) is 84.5 Å². The van der Waals surface area contributed by atoms with Crippen LogP contribution in [0.4, 0.5) is 4.79 Å². The Labute approximate surface area is 249 Å². The lowest BCUT2D eigenvalue weighted by Gasteiger charge is -2.43. The summed E-state index contributed by atoms with van der Waals surface area (Å²) in [5, 5.41) is 5.56. The molecular formula is C33H45N3O6. The van der Waals surface area contributed by atoms with Gasteiger partial charge in [0.2, 0.25) is 11.8 Å². The van der Waals surface area contributed by atoms with Crippen LogP contribution in [0.25, 0.3) is 6.08 Å². The predicted molar refractivity (Wildman–Crippen MR) is 163 cm³/mol. The molecule has 2 N–H and O–H groups in total. The van der Waals surface area contributed by atoms with Gasteiger partial charge in [0.25, 0.3) is 0 Å². The van der Waals surface area contributed by atoms with Gasteiger partial charge in [-0.25, -0.2) is 4.79 Å². The van der Waals surface area contributed by atoms with E-state index in [9.17, 15) is 19.2 Å². The Morgan fingerprint density at radius 1 is 0.976 bits per heavy atom. The van der Waals surface area contributed by atoms with E-state index in [1.165, 1.54) is 4.90 Å². The van der Waals surface area contributed by atoms with Crippen molar-refractivity contribution in [3.63, 3.8) is 0 Å². The number of amides is 3. The van der Waals surface area contributed by atoms with Crippen LogP contribution in [0.3, 0.4) is 0 Å². The number of esters is 1. The number of alkyl carbamates (subject to hydrolysis) is 1. The van der Waals surface area contributed by atoms with Crippen molar-refractivity contribution in [3.05, 3.63) is 77.9 Å². The molecule has 0 heterocycles. The first-order valence-electron chi connectivity index (χ1n) is 14.2. The first-order chi connectivity index (χ1) is 19.7. The maximum atomic E-state index is 14.5. The second-order valence-corrected chi connectivity index (χ2v) is 11.9. The second-order valence-electron chi connectivity index (χ2n) is 11.9. The van der Waals surface area contributed by atoms with Crippen molar-refractivity contribution in [1.29, 1.82) is 0 Å². The number of carbonyl (C=O) groups is 4. The third kappa shape index (κ3) is 10.7. The van der Waals surface area contributed by atoms with Crippen molar-refractivity contribution in [1.82, 2.24) is 15.5 Å². The minimum Gasteiger partial charge on any atom is -0.466 e. The van der Waals surface area contributed by atoms with E-state index in [4.69, 9.17) is 9.47 Å². The highest BCUT2D eigenvalue weighted by atomic mass is 16.6. The highest BCUT2D eigenvalue weighted by Gasteiger charge is 2.42. The van der Waals surface area contributed by atoms with Gasteiger partial charge in [0, 0.05) is 18.5 Å². The molecule has 0 aliphatic carbocycles. The number of ether oxygens (including phenoxy) is 2. The molecule has 0 bridgehead atoms. The average molecular weight is 580 g/mol. The minimum absolute atomic E-state index is 0.0146. The molecule has 2 atom stereocenters. The van der Waals surface area contributed by atoms with Gasteiger partial charge in [-0.1, -0.05) is 61.2 Å². The molecule has 0 fully saturated rings. The van der Waals surface area contributed by atoms with Gasteiger partial charge in [0.15, 0.2) is 0 Å². The molecule has 2 unspecified atom stereocenters. The van der Waals surface area contributed by atoms with E-state index in [2.05, 4.69) is 17.2 Å². The first kappa shape index (κ1) is 34.1. The number of hydrogen-bond donors (Lipinski definition) is 2. The summed E-state index contributed by atoms with van der Waals surface area (Å²) in [5.74, 6) is -1.37. The van der Waals surface area contributed by atoms with Crippen LogP contribution in [-0.2, 0) is 30.3 Å². The van der Waals surface area contributed by atoms with E-state index in [1.807, 2.05) is 57.2 Å². The summed E-state index contributed by atoms with van der Waals surface area (Å²) in [6, 6.07) is 14.4. The van der Waals surface area contributed by atoms with E-state index in [-0.39, 0.29) is 26.0 Å². The zero-order chi connectivity index (χ0) is 31.5. The molecule has 2 rings (SSSR count). The number of nitrogens with one attached hydrogen (secondary N) is 2. The van der Waals surface area contributed by atoms with Crippen molar-refractivity contribution < 1.29 is 28.7 Å². The molecule has 0 saturated carbocycles. The number of benzene rings is 2. The van der Waals surface area contributed by atoms with Gasteiger partial charge in [-0.3, -0.25) is 14.4 Å². The largest absolute Gasteiger partial charge is 0.466 e. The summed E-state index contributed by atoms with van der Waals surface area (Å²) in [4.78, 5) is 54.7. The van der Waals surface area contributed by atoms with Gasteiger partial charge in [-0.15, -0.1) is 0 Å². The topological polar surface area (TPSA) is 114 Å². The smallest absolute Gasteiger partial charge is 0.408 e. The van der Waals surface area contributed by atoms with Crippen molar-refractivity contribution in [2.24, 2.45) is 0 Å². The fourth-order valence-corrected chi connectivity index (χ4v) is 4.40. The summed E-state index contributed by atoms with van der Waals surface area (Å²) in [7, 11) is 0. The van der Waals surface area contributed by atoms with Crippen molar-refractivity contribution in [3.8, 4) is 0 Å². The normalized spacial score (nSPS) is 12.8. The quantitative estimate of drug-likeness (QED) is 0.334. The summed E-state index contributed by atoms with van der Waals surface area (Å²) in [6.45, 7) is 16.5. The van der Waals surface area contributed by atoms with Gasteiger partial charge in [0.1, 0.15) is 17.7 Å². The van der Waals surface area contributed by atoms with Gasteiger partial charge >= 0.3 is 12.1 Å². The summed E-state index contributed by atoms with van der Waals surface area (Å²) >= 11 is 0. The number of carbonyl (C=O) groups excluding carboxylic acids is 4. The number of rotatable bonds is 12. The number of nitrogens with zero attached hydrogens (tertiary/aromatic N) is 1. The Bertz CT molecular complexity index is 1230. The summed E-state index contributed by atoms with van der Waals surface area (Å²) in [6.07, 6.45) is 1.08. The van der Waals surface area contributed by atoms with Crippen LogP contribution < -0.4 is 10.6 Å². The van der Waals surface area contributed by atoms with E-state index in [0.717, 1.165) is 11.1 Å². The van der Waals surface area contributed by atoms with Crippen LogP contribution in [0.2, 0.25) is 0 Å². The lowest BCUT2D eigenvalue weighted by atomic mass is 9.93. The Balaban J connectivity index is 2.57. The van der Waals surface area contributed by atoms with Crippen LogP contribution in [0.15, 0.2) is 61.2 Å². The monoisotopic (exact) mass is 579 g/mol. The van der Waals surface area contributed by atoms with Crippen LogP contribution in [-0.4, -0.2) is 59.1 Å². The molecule has 0 aromatic heterocycles. The molecule has 0 aliphatic heterocycles. The molecule has 42 heavy (non-hydrogen) atoms. The Kier molecular flexibility index (Phi) is 12.3. The van der Waals surface area contributed by atoms with Gasteiger partial charge in [0.05, 0.1) is 13.0 Å². The standard InChI is InChI=1S/C33H45N3O6/c1-9-23-17-14-18-25(21-23)28(29(38)34-20-19-27(37)41-10-2)36(32(3,4)5)30(39)26(22-24-15-12-11-13-16-24)35-31(40)42-33(6,7)8/h9,11-18,21,26,28H,1,10,19-20,22H2,2-8H3,(H,34,38)(H,35,40). The molecule has 228 valence electrons. The fraction of sp³-hybridized carbons (Fsp3) is 0.455. The molecule has 0 aliphatic rings. The van der Waals surface area contributed by atoms with E-state index in [0.29, 0.717) is 5.56 Å². The Morgan fingerprint density at radius 3 is 2.21 bits per heavy atom. The third-order valence-electron chi connectivity index (χ3n) is 6.13. The second kappa shape index (κ2) is 15.2. The SMILES string of the molecule is C=Cc1cccc(C(C(=O)NCCC(=O)OCC)N(C(=O)C(Cc2ccccc2)NC(=O)OC(C)(C)C)C(C)(C)C)c1. The Morgan fingerprint density at radius 2 is 1.64 bits per heavy atom. The predicted octanol–water partition coefficient (Wildman–Crippen LogP) is 5.20. The molecule has 9 nitrogen and oxygen atoms in total. The fourth-order valence-electron chi connectivity index (χ4n) is 4.40. The lowest BCUT2D eigenvalue weighted by molar-refractivity contribution is -0.149. The van der Waals surface area contributed by atoms with Gasteiger partial charge < -0.3 is 25.0 Å². The molecule has 9 heteroatoms. The van der Waals surface area contributed by atoms with Crippen LogP contribution >= 0.6 is 0 Å². The average Bonchev–Trinajstić information content (AvgIpc) is 2.90. The van der Waals surface area contributed by atoms with Gasteiger partial charge in [-0.2, -0.15) is 0 Å². The van der Waals surface area contributed by atoms with E-state index >= 15 is 0 Å². The van der Waals surface area contributed by atoms with E-state index < -0.39 is 47.1 Å². The highest BCUT2D eigenvalue weighted by Crippen LogP contribution is 2.31. The third-order valence-corrected chi connectivity index (χ3v) is 6.13. The molecule has 0 spiro atoms. The Hall–Kier alpha value is -4.14. The summed E-state index contributed by atoms with van der Waals surface area (Å²) in [5.41, 5.74) is 0.506. The van der Waals surface area contributed by atoms with Crippen molar-refractivity contribution in [2.75, 3.05) is 13.2 Å². The molecule has 2 aromatic carbocycles. The van der Waals surface area contributed by atoms with Gasteiger partial charge in [-0.05, 0) is 71.2 Å². The maximum Gasteiger partial charge on any atom is 0.408 e. The van der Waals surface area contributed by atoms with Crippen LogP contribution in [0.1, 0.15) is 77.6 Å². The number of hydrogen-bond acceptors (Lipinski definition) is 6. The van der Waals surface area contributed by atoms with E-state index in [1.54, 1.807) is 52.0 Å². The molecule has 0 saturated heterocycles. The molecule has 2 aromatic rings. The summed E-state index contributed by atoms with van der Waals surface area (Å²) < 4.78 is 10.5. The zero-order valence-corrected chi connectivity index (χ0v) is 25.9. The first-order valence-corrected chi connectivity index (χ1v) is 14.2. The lowest BCUT2D eigenvalue weighted by Crippen LogP contribution is -2.59. The highest BCUT2D eigenvalue weighted by molar-refractivity contribution is 5.93. The maximum absolute atomic E-state index is 14.5. The minimum atomic E-state index is -1.08. The molecular weight excluding hydrogens is 534 g/mol. The molecule has 0 radical (unpaired) electrons.